The van der Waals surface area contributed by atoms with Gasteiger partial charge in [0.05, 0.1) is 7.11 Å². The van der Waals surface area contributed by atoms with E-state index in [4.69, 9.17) is 10.5 Å². The fraction of sp³-hybridized carbons (Fsp3) is 0.529. The van der Waals surface area contributed by atoms with Gasteiger partial charge in [0.1, 0.15) is 5.75 Å². The number of fused-ring (bicyclic) bond motifs is 1. The first-order chi connectivity index (χ1) is 9.50. The standard InChI is InChI=1S/C17H26N2O.ClH/c1-5-17(18,12(2)3)9-8-13-11-19-16-7-6-14(20-4)10-15(13)16;/h6-7,10-12,19H,5,8-9,18H2,1-4H3;1H. The summed E-state index contributed by atoms with van der Waals surface area (Å²) in [7, 11) is 1.70. The van der Waals surface area contributed by atoms with Crippen molar-refractivity contribution in [2.75, 3.05) is 7.11 Å². The molecule has 3 N–H and O–H groups in total. The van der Waals surface area contributed by atoms with Crippen LogP contribution in [-0.4, -0.2) is 17.6 Å². The van der Waals surface area contributed by atoms with E-state index >= 15 is 0 Å². The molecule has 1 unspecified atom stereocenters. The Bertz CT molecular complexity index is 579. The van der Waals surface area contributed by atoms with Crippen LogP contribution < -0.4 is 10.5 Å². The molecule has 0 aliphatic carbocycles. The van der Waals surface area contributed by atoms with Crippen LogP contribution in [-0.2, 0) is 6.42 Å². The van der Waals surface area contributed by atoms with E-state index in [1.54, 1.807) is 7.11 Å². The molecule has 4 heteroatoms. The van der Waals surface area contributed by atoms with Crippen LogP contribution in [0.4, 0.5) is 0 Å². The first kappa shape index (κ1) is 17.9. The number of hydrogen-bond acceptors (Lipinski definition) is 2. The number of aromatic amines is 1. The summed E-state index contributed by atoms with van der Waals surface area (Å²) >= 11 is 0. The largest absolute Gasteiger partial charge is 0.497 e. The monoisotopic (exact) mass is 310 g/mol. The Kier molecular flexibility index (Phi) is 6.11. The fourth-order valence-corrected chi connectivity index (χ4v) is 2.73. The highest BCUT2D eigenvalue weighted by Gasteiger charge is 2.26. The van der Waals surface area contributed by atoms with Crippen molar-refractivity contribution in [3.63, 3.8) is 0 Å². The predicted molar refractivity (Wildman–Crippen MR) is 92.5 cm³/mol. The molecule has 0 bridgehead atoms. The smallest absolute Gasteiger partial charge is 0.119 e. The number of nitrogens with one attached hydrogen (secondary N) is 1. The van der Waals surface area contributed by atoms with Crippen molar-refractivity contribution in [2.24, 2.45) is 11.7 Å². The Labute approximate surface area is 133 Å². The molecular weight excluding hydrogens is 284 g/mol. The van der Waals surface area contributed by atoms with Gasteiger partial charge in [-0.15, -0.1) is 12.4 Å². The maximum absolute atomic E-state index is 6.52. The average molecular weight is 311 g/mol. The zero-order chi connectivity index (χ0) is 14.8. The van der Waals surface area contributed by atoms with Crippen molar-refractivity contribution in [3.05, 3.63) is 30.0 Å². The molecule has 1 aromatic carbocycles. The van der Waals surface area contributed by atoms with Gasteiger partial charge >= 0.3 is 0 Å². The molecule has 0 fully saturated rings. The third kappa shape index (κ3) is 3.72. The second-order valence-corrected chi connectivity index (χ2v) is 5.97. The second-order valence-electron chi connectivity index (χ2n) is 5.97. The Morgan fingerprint density at radius 1 is 1.33 bits per heavy atom. The van der Waals surface area contributed by atoms with Crippen molar-refractivity contribution in [3.8, 4) is 5.75 Å². The third-order valence-corrected chi connectivity index (χ3v) is 4.64. The van der Waals surface area contributed by atoms with Gasteiger partial charge in [0, 0.05) is 22.6 Å². The molecule has 0 aliphatic rings. The SMILES string of the molecule is CCC(N)(CCc1c[nH]c2ccc(OC)cc12)C(C)C.Cl. The predicted octanol–water partition coefficient (Wildman–Crippen LogP) is 4.29. The Morgan fingerprint density at radius 2 is 2.05 bits per heavy atom. The lowest BCUT2D eigenvalue weighted by Gasteiger charge is -2.32. The molecule has 0 radical (unpaired) electrons. The summed E-state index contributed by atoms with van der Waals surface area (Å²) in [6, 6.07) is 6.15. The number of hydrogen-bond donors (Lipinski definition) is 2. The Balaban J connectivity index is 0.00000220. The van der Waals surface area contributed by atoms with Crippen LogP contribution >= 0.6 is 12.4 Å². The molecule has 2 aromatic rings. The molecule has 1 aromatic heterocycles. The zero-order valence-electron chi connectivity index (χ0n) is 13.4. The highest BCUT2D eigenvalue weighted by Crippen LogP contribution is 2.28. The maximum Gasteiger partial charge on any atom is 0.119 e. The number of nitrogens with two attached hydrogens (primary N) is 1. The summed E-state index contributed by atoms with van der Waals surface area (Å²) in [5, 5.41) is 1.24. The highest BCUT2D eigenvalue weighted by atomic mass is 35.5. The first-order valence-corrected chi connectivity index (χ1v) is 7.43. The van der Waals surface area contributed by atoms with Crippen LogP contribution in [0.3, 0.4) is 0 Å². The van der Waals surface area contributed by atoms with Crippen molar-refractivity contribution in [2.45, 2.75) is 45.6 Å². The number of aryl methyl sites for hydroxylation is 1. The van der Waals surface area contributed by atoms with Crippen LogP contribution in [0.15, 0.2) is 24.4 Å². The minimum Gasteiger partial charge on any atom is -0.497 e. The van der Waals surface area contributed by atoms with E-state index in [9.17, 15) is 0 Å². The van der Waals surface area contributed by atoms with Gasteiger partial charge in [0.25, 0.3) is 0 Å². The van der Waals surface area contributed by atoms with Gasteiger partial charge in [0.2, 0.25) is 0 Å². The second kappa shape index (κ2) is 7.19. The summed E-state index contributed by atoms with van der Waals surface area (Å²) in [4.78, 5) is 3.33. The molecule has 118 valence electrons. The first-order valence-electron chi connectivity index (χ1n) is 7.43. The van der Waals surface area contributed by atoms with E-state index in [1.165, 1.54) is 10.9 Å². The van der Waals surface area contributed by atoms with Crippen molar-refractivity contribution in [1.82, 2.24) is 4.98 Å². The van der Waals surface area contributed by atoms with Crippen molar-refractivity contribution >= 4 is 23.3 Å². The average Bonchev–Trinajstić information content (AvgIpc) is 2.86. The third-order valence-electron chi connectivity index (χ3n) is 4.64. The zero-order valence-corrected chi connectivity index (χ0v) is 14.2. The molecule has 3 nitrogen and oxygen atoms in total. The van der Waals surface area contributed by atoms with Crippen LogP contribution in [0.2, 0.25) is 0 Å². The summed E-state index contributed by atoms with van der Waals surface area (Å²) in [6.45, 7) is 6.60. The molecule has 1 atom stereocenters. The van der Waals surface area contributed by atoms with Crippen LogP contribution in [0, 0.1) is 5.92 Å². The number of aromatic nitrogens is 1. The highest BCUT2D eigenvalue weighted by molar-refractivity contribution is 5.85. The number of benzene rings is 1. The normalized spacial score (nSPS) is 14.0. The fourth-order valence-electron chi connectivity index (χ4n) is 2.73. The minimum atomic E-state index is -0.0809. The van der Waals surface area contributed by atoms with Crippen LogP contribution in [0.1, 0.15) is 39.2 Å². The molecule has 1 heterocycles. The van der Waals surface area contributed by atoms with Gasteiger partial charge in [-0.1, -0.05) is 20.8 Å². The summed E-state index contributed by atoms with van der Waals surface area (Å²) in [5.74, 6) is 1.39. The lowest BCUT2D eigenvalue weighted by atomic mass is 9.80. The maximum atomic E-state index is 6.52. The summed E-state index contributed by atoms with van der Waals surface area (Å²) in [6.07, 6.45) is 5.11. The lowest BCUT2D eigenvalue weighted by Crippen LogP contribution is -2.44. The Hall–Kier alpha value is -1.19. The number of methoxy groups -OCH3 is 1. The van der Waals surface area contributed by atoms with E-state index in [2.05, 4.69) is 44.1 Å². The van der Waals surface area contributed by atoms with E-state index in [1.807, 2.05) is 6.07 Å². The van der Waals surface area contributed by atoms with E-state index in [0.717, 1.165) is 30.5 Å². The number of rotatable bonds is 6. The molecular formula is C17H27ClN2O. The van der Waals surface area contributed by atoms with Gasteiger partial charge in [-0.05, 0) is 48.9 Å². The number of H-pyrrole nitrogens is 1. The molecule has 21 heavy (non-hydrogen) atoms. The van der Waals surface area contributed by atoms with Gasteiger partial charge in [0.15, 0.2) is 0 Å². The summed E-state index contributed by atoms with van der Waals surface area (Å²) in [5.41, 5.74) is 8.92. The quantitative estimate of drug-likeness (QED) is 0.836. The number of halogens is 1. The number of ether oxygens (including phenoxy) is 1. The molecule has 2 rings (SSSR count). The van der Waals surface area contributed by atoms with E-state index in [0.29, 0.717) is 5.92 Å². The molecule has 0 saturated carbocycles. The Morgan fingerprint density at radius 3 is 2.62 bits per heavy atom. The van der Waals surface area contributed by atoms with Gasteiger partial charge in [-0.3, -0.25) is 0 Å². The van der Waals surface area contributed by atoms with E-state index < -0.39 is 0 Å². The lowest BCUT2D eigenvalue weighted by molar-refractivity contribution is 0.278. The minimum absolute atomic E-state index is 0. The van der Waals surface area contributed by atoms with E-state index in [-0.39, 0.29) is 17.9 Å². The van der Waals surface area contributed by atoms with Crippen molar-refractivity contribution < 1.29 is 4.74 Å². The van der Waals surface area contributed by atoms with Crippen molar-refractivity contribution in [1.29, 1.82) is 0 Å². The molecule has 0 amide bonds. The topological polar surface area (TPSA) is 51.0 Å². The molecule has 0 saturated heterocycles. The molecule has 0 aliphatic heterocycles. The van der Waals surface area contributed by atoms with Gasteiger partial charge in [-0.2, -0.15) is 0 Å². The van der Waals surface area contributed by atoms with Crippen LogP contribution in [0.5, 0.6) is 5.75 Å². The summed E-state index contributed by atoms with van der Waals surface area (Å²) < 4.78 is 5.31. The van der Waals surface area contributed by atoms with Crippen LogP contribution in [0.25, 0.3) is 10.9 Å². The molecule has 0 spiro atoms. The van der Waals surface area contributed by atoms with Gasteiger partial charge < -0.3 is 15.5 Å². The van der Waals surface area contributed by atoms with Gasteiger partial charge in [-0.25, -0.2) is 0 Å².